The minimum Gasteiger partial charge on any atom is -0.417 e. The van der Waals surface area contributed by atoms with Crippen LogP contribution in [0.1, 0.15) is 24.8 Å². The first kappa shape index (κ1) is 17.8. The van der Waals surface area contributed by atoms with Crippen molar-refractivity contribution in [2.75, 3.05) is 6.54 Å². The van der Waals surface area contributed by atoms with Gasteiger partial charge in [-0.1, -0.05) is 0 Å². The Morgan fingerprint density at radius 2 is 2.28 bits per heavy atom. The molecule has 1 aromatic heterocycles. The molecule has 4 atom stereocenters. The smallest absolute Gasteiger partial charge is 0.388 e. The lowest BCUT2D eigenvalue weighted by atomic mass is 9.49. The standard InChI is InChI=1S/C16H20F3N3O3/c17-14(18)25-13-5-9(2-4-20-13)7-21-15(24)22-8-12(23)10-6-16(19)3-1-11(10)16/h2,4-5,10-12,14,23H,1,3,6-8H2,(H2,21,22,24). The van der Waals surface area contributed by atoms with Gasteiger partial charge in [0.2, 0.25) is 5.88 Å². The van der Waals surface area contributed by atoms with E-state index in [2.05, 4.69) is 20.4 Å². The Morgan fingerprint density at radius 3 is 2.88 bits per heavy atom. The molecule has 25 heavy (non-hydrogen) atoms. The predicted molar refractivity (Wildman–Crippen MR) is 81.8 cm³/mol. The molecule has 9 heteroatoms. The molecule has 0 saturated heterocycles. The van der Waals surface area contributed by atoms with Crippen LogP contribution in [0.5, 0.6) is 5.88 Å². The summed E-state index contributed by atoms with van der Waals surface area (Å²) in [7, 11) is 0. The van der Waals surface area contributed by atoms with E-state index in [9.17, 15) is 23.1 Å². The average Bonchev–Trinajstić information content (AvgIpc) is 2.56. The number of hydrogen-bond donors (Lipinski definition) is 3. The number of hydrogen-bond acceptors (Lipinski definition) is 4. The van der Waals surface area contributed by atoms with Crippen LogP contribution in [0.3, 0.4) is 0 Å². The summed E-state index contributed by atoms with van der Waals surface area (Å²) in [4.78, 5) is 15.4. The topological polar surface area (TPSA) is 83.5 Å². The van der Waals surface area contributed by atoms with Crippen molar-refractivity contribution >= 4 is 6.03 Å². The highest BCUT2D eigenvalue weighted by atomic mass is 19.3. The Hall–Kier alpha value is -2.03. The van der Waals surface area contributed by atoms with E-state index in [0.717, 1.165) is 6.42 Å². The summed E-state index contributed by atoms with van der Waals surface area (Å²) < 4.78 is 42.3. The van der Waals surface area contributed by atoms with Crippen LogP contribution in [-0.4, -0.2) is 41.1 Å². The van der Waals surface area contributed by atoms with Gasteiger partial charge in [0.1, 0.15) is 5.67 Å². The number of ether oxygens (including phenoxy) is 1. The average molecular weight is 359 g/mol. The number of urea groups is 1. The number of aliphatic hydroxyl groups excluding tert-OH is 1. The fourth-order valence-electron chi connectivity index (χ4n) is 3.56. The van der Waals surface area contributed by atoms with Crippen molar-refractivity contribution in [3.05, 3.63) is 23.9 Å². The van der Waals surface area contributed by atoms with Crippen molar-refractivity contribution in [3.63, 3.8) is 0 Å². The Morgan fingerprint density at radius 1 is 1.48 bits per heavy atom. The molecule has 2 saturated carbocycles. The van der Waals surface area contributed by atoms with Crippen LogP contribution < -0.4 is 15.4 Å². The Labute approximate surface area is 142 Å². The minimum atomic E-state index is -2.97. The second kappa shape index (κ2) is 7.07. The van der Waals surface area contributed by atoms with Crippen molar-refractivity contribution in [1.82, 2.24) is 15.6 Å². The van der Waals surface area contributed by atoms with Gasteiger partial charge in [0.15, 0.2) is 0 Å². The summed E-state index contributed by atoms with van der Waals surface area (Å²) >= 11 is 0. The number of amides is 2. The predicted octanol–water partition coefficient (Wildman–Crippen LogP) is 1.98. The van der Waals surface area contributed by atoms with E-state index in [1.165, 1.54) is 12.3 Å². The number of rotatable bonds is 7. The van der Waals surface area contributed by atoms with Crippen molar-refractivity contribution in [2.45, 2.75) is 44.2 Å². The van der Waals surface area contributed by atoms with Crippen molar-refractivity contribution in [2.24, 2.45) is 11.8 Å². The molecule has 1 heterocycles. The molecule has 2 aliphatic rings. The van der Waals surface area contributed by atoms with Crippen molar-refractivity contribution in [3.8, 4) is 5.88 Å². The molecule has 2 amide bonds. The first-order valence-corrected chi connectivity index (χ1v) is 8.16. The highest BCUT2D eigenvalue weighted by molar-refractivity contribution is 5.73. The fourth-order valence-corrected chi connectivity index (χ4v) is 3.56. The zero-order valence-electron chi connectivity index (χ0n) is 13.4. The van der Waals surface area contributed by atoms with Gasteiger partial charge in [0.25, 0.3) is 0 Å². The molecule has 138 valence electrons. The Kier molecular flexibility index (Phi) is 5.03. The number of aromatic nitrogens is 1. The molecule has 6 nitrogen and oxygen atoms in total. The van der Waals surface area contributed by atoms with Crippen LogP contribution in [0.2, 0.25) is 0 Å². The number of fused-ring (bicyclic) bond motifs is 1. The van der Waals surface area contributed by atoms with Gasteiger partial charge in [-0.05, 0) is 42.7 Å². The molecule has 2 fully saturated rings. The molecule has 3 rings (SSSR count). The summed E-state index contributed by atoms with van der Waals surface area (Å²) in [6, 6.07) is 2.35. The van der Waals surface area contributed by atoms with Gasteiger partial charge < -0.3 is 20.5 Å². The van der Waals surface area contributed by atoms with Crippen LogP contribution in [0.25, 0.3) is 0 Å². The zero-order valence-corrected chi connectivity index (χ0v) is 13.4. The highest BCUT2D eigenvalue weighted by Crippen LogP contribution is 2.61. The monoisotopic (exact) mass is 359 g/mol. The number of halogens is 3. The summed E-state index contributed by atoms with van der Waals surface area (Å²) in [5.41, 5.74) is -0.551. The molecule has 3 N–H and O–H groups in total. The maximum absolute atomic E-state index is 13.8. The first-order chi connectivity index (χ1) is 11.9. The maximum atomic E-state index is 13.8. The van der Waals surface area contributed by atoms with E-state index < -0.39 is 24.4 Å². The van der Waals surface area contributed by atoms with Gasteiger partial charge in [-0.3, -0.25) is 0 Å². The van der Waals surface area contributed by atoms with E-state index in [1.54, 1.807) is 6.07 Å². The summed E-state index contributed by atoms with van der Waals surface area (Å²) in [6.07, 6.45) is 2.24. The summed E-state index contributed by atoms with van der Waals surface area (Å²) in [6.45, 7) is -2.84. The van der Waals surface area contributed by atoms with E-state index >= 15 is 0 Å². The highest BCUT2D eigenvalue weighted by Gasteiger charge is 2.62. The normalized spacial score (nSPS) is 28.4. The Bertz CT molecular complexity index is 634. The third-order valence-corrected chi connectivity index (χ3v) is 5.06. The number of carbonyl (C=O) groups excluding carboxylic acids is 1. The van der Waals surface area contributed by atoms with E-state index in [-0.39, 0.29) is 30.8 Å². The fraction of sp³-hybridized carbons (Fsp3) is 0.625. The van der Waals surface area contributed by atoms with Crippen LogP contribution >= 0.6 is 0 Å². The lowest BCUT2D eigenvalue weighted by molar-refractivity contribution is -0.183. The molecule has 0 aromatic carbocycles. The largest absolute Gasteiger partial charge is 0.417 e. The molecular formula is C16H20F3N3O3. The second-order valence-electron chi connectivity index (χ2n) is 6.56. The molecule has 1 aromatic rings. The van der Waals surface area contributed by atoms with Crippen LogP contribution in [0.15, 0.2) is 18.3 Å². The number of carbonyl (C=O) groups is 1. The van der Waals surface area contributed by atoms with Gasteiger partial charge in [-0.2, -0.15) is 8.78 Å². The van der Waals surface area contributed by atoms with Gasteiger partial charge in [-0.25, -0.2) is 14.2 Å². The maximum Gasteiger partial charge on any atom is 0.388 e. The molecule has 4 unspecified atom stereocenters. The van der Waals surface area contributed by atoms with E-state index in [1.807, 2.05) is 0 Å². The number of aliphatic hydroxyl groups is 1. The van der Waals surface area contributed by atoms with Crippen LogP contribution in [0.4, 0.5) is 18.0 Å². The van der Waals surface area contributed by atoms with Crippen molar-refractivity contribution in [1.29, 1.82) is 0 Å². The van der Waals surface area contributed by atoms with Gasteiger partial charge >= 0.3 is 12.6 Å². The molecule has 2 aliphatic carbocycles. The number of nitrogens with one attached hydrogen (secondary N) is 2. The number of alkyl halides is 3. The SMILES string of the molecule is O=C(NCc1ccnc(OC(F)F)c1)NCC(O)C1CC2(F)CCC12. The zero-order chi connectivity index (χ0) is 18.0. The second-order valence-corrected chi connectivity index (χ2v) is 6.56. The number of pyridine rings is 1. The minimum absolute atomic E-state index is 0.0408. The first-order valence-electron chi connectivity index (χ1n) is 8.16. The van der Waals surface area contributed by atoms with Crippen LogP contribution in [-0.2, 0) is 6.54 Å². The van der Waals surface area contributed by atoms with Gasteiger partial charge in [0.05, 0.1) is 6.10 Å². The summed E-state index contributed by atoms with van der Waals surface area (Å²) in [5, 5.41) is 15.1. The molecule has 0 bridgehead atoms. The van der Waals surface area contributed by atoms with Gasteiger partial charge in [0, 0.05) is 25.4 Å². The molecule has 0 radical (unpaired) electrons. The molecule has 0 spiro atoms. The lowest BCUT2D eigenvalue weighted by Gasteiger charge is -2.59. The number of nitrogens with zero attached hydrogens (tertiary/aromatic N) is 1. The Balaban J connectivity index is 1.38. The molecular weight excluding hydrogens is 339 g/mol. The van der Waals surface area contributed by atoms with E-state index in [0.29, 0.717) is 18.4 Å². The van der Waals surface area contributed by atoms with Crippen LogP contribution in [0, 0.1) is 11.8 Å². The quantitative estimate of drug-likeness (QED) is 0.695. The molecule has 0 aliphatic heterocycles. The van der Waals surface area contributed by atoms with Crippen molar-refractivity contribution < 1.29 is 27.8 Å². The third kappa shape index (κ3) is 3.97. The van der Waals surface area contributed by atoms with E-state index in [4.69, 9.17) is 0 Å². The third-order valence-electron chi connectivity index (χ3n) is 5.06. The summed E-state index contributed by atoms with van der Waals surface area (Å²) in [5.74, 6) is -0.420. The lowest BCUT2D eigenvalue weighted by Crippen LogP contribution is -2.62. The van der Waals surface area contributed by atoms with Gasteiger partial charge in [-0.15, -0.1) is 0 Å².